The summed E-state index contributed by atoms with van der Waals surface area (Å²) in [6.07, 6.45) is 6.60. The van der Waals surface area contributed by atoms with E-state index in [1.165, 1.54) is 37.5 Å². The quantitative estimate of drug-likeness (QED) is 0.386. The molecule has 0 saturated heterocycles. The smallest absolute Gasteiger partial charge is 0.374 e. The van der Waals surface area contributed by atoms with Crippen LogP contribution in [0.2, 0.25) is 0 Å². The lowest BCUT2D eigenvalue weighted by Gasteiger charge is -2.55. The number of ketones is 1. The number of Topliss-reactive ketones (excluding diaryl/α,β-unsaturated/α-hetero) is 1. The molecule has 0 unspecified atom stereocenters. The second kappa shape index (κ2) is 7.07. The number of esters is 1. The zero-order valence-corrected chi connectivity index (χ0v) is 16.5. The van der Waals surface area contributed by atoms with Gasteiger partial charge in [-0.2, -0.15) is 0 Å². The van der Waals surface area contributed by atoms with Gasteiger partial charge < -0.3 is 9.15 Å². The summed E-state index contributed by atoms with van der Waals surface area (Å²) < 4.78 is 10.9. The van der Waals surface area contributed by atoms with E-state index in [0.717, 1.165) is 19.3 Å². The number of nitro groups is 1. The van der Waals surface area contributed by atoms with Crippen LogP contribution >= 0.6 is 0 Å². The first-order valence-electron chi connectivity index (χ1n) is 10.5. The molecule has 6 rings (SSSR count). The molecule has 4 fully saturated rings. The maximum Gasteiger partial charge on any atom is 0.374 e. The van der Waals surface area contributed by atoms with E-state index >= 15 is 0 Å². The molecule has 1 aromatic carbocycles. The lowest BCUT2D eigenvalue weighted by Crippen LogP contribution is -2.51. The molecule has 1 heterocycles. The highest BCUT2D eigenvalue weighted by Crippen LogP contribution is 2.60. The fourth-order valence-electron chi connectivity index (χ4n) is 6.16. The molecule has 4 aliphatic carbocycles. The summed E-state index contributed by atoms with van der Waals surface area (Å²) in [4.78, 5) is 35.7. The van der Waals surface area contributed by atoms with E-state index in [4.69, 9.17) is 9.15 Å². The van der Waals surface area contributed by atoms with Crippen LogP contribution in [0.4, 0.5) is 5.69 Å². The van der Waals surface area contributed by atoms with Crippen LogP contribution in [0.25, 0.3) is 11.3 Å². The van der Waals surface area contributed by atoms with Crippen LogP contribution in [-0.4, -0.2) is 23.3 Å². The molecule has 0 N–H and O–H groups in total. The van der Waals surface area contributed by atoms with Crippen LogP contribution in [0, 0.1) is 33.3 Å². The van der Waals surface area contributed by atoms with Gasteiger partial charge in [-0.15, -0.1) is 0 Å². The van der Waals surface area contributed by atoms with Crippen molar-refractivity contribution in [3.05, 3.63) is 52.3 Å². The van der Waals surface area contributed by atoms with E-state index in [9.17, 15) is 19.7 Å². The van der Waals surface area contributed by atoms with Gasteiger partial charge in [0.2, 0.25) is 5.76 Å². The number of furan rings is 1. The van der Waals surface area contributed by atoms with Gasteiger partial charge in [-0.3, -0.25) is 14.9 Å². The fourth-order valence-corrected chi connectivity index (χ4v) is 6.16. The number of carbonyl (C=O) groups excluding carboxylic acids is 2. The highest BCUT2D eigenvalue weighted by molar-refractivity contribution is 5.92. The highest BCUT2D eigenvalue weighted by atomic mass is 16.6. The van der Waals surface area contributed by atoms with Crippen molar-refractivity contribution >= 4 is 17.4 Å². The zero-order chi connectivity index (χ0) is 20.9. The summed E-state index contributed by atoms with van der Waals surface area (Å²) in [7, 11) is 0. The summed E-state index contributed by atoms with van der Waals surface area (Å²) in [6.45, 7) is -0.210. The number of non-ortho nitro benzene ring substituents is 1. The first-order valence-corrected chi connectivity index (χ1v) is 10.5. The van der Waals surface area contributed by atoms with E-state index in [-0.39, 0.29) is 29.3 Å². The highest BCUT2D eigenvalue weighted by Gasteiger charge is 2.54. The van der Waals surface area contributed by atoms with Crippen LogP contribution in [0.1, 0.15) is 49.1 Å². The largest absolute Gasteiger partial charge is 0.452 e. The zero-order valence-electron chi connectivity index (χ0n) is 16.5. The summed E-state index contributed by atoms with van der Waals surface area (Å²) in [5.41, 5.74) is 0.305. The normalized spacial score (nSPS) is 29.0. The van der Waals surface area contributed by atoms with Gasteiger partial charge in [-0.25, -0.2) is 4.79 Å². The van der Waals surface area contributed by atoms with Crippen LogP contribution in [0.15, 0.2) is 40.8 Å². The predicted molar refractivity (Wildman–Crippen MR) is 107 cm³/mol. The van der Waals surface area contributed by atoms with E-state index in [0.29, 0.717) is 29.1 Å². The standard InChI is InChI=1S/C23H23NO6/c25-21(23-10-14-7-15(11-23)9-16(8-14)12-23)13-29-22(26)20-6-5-19(30-20)17-1-3-18(4-2-17)24(27)28/h1-6,14-16H,7-13H2. The molecule has 0 atom stereocenters. The Labute approximate surface area is 173 Å². The Morgan fingerprint density at radius 2 is 1.60 bits per heavy atom. The van der Waals surface area contributed by atoms with Gasteiger partial charge in [0.05, 0.1) is 4.92 Å². The number of carbonyl (C=O) groups is 2. The van der Waals surface area contributed by atoms with Gasteiger partial charge in [0.15, 0.2) is 12.4 Å². The Bertz CT molecular complexity index is 970. The summed E-state index contributed by atoms with van der Waals surface area (Å²) >= 11 is 0. The predicted octanol–water partition coefficient (Wildman–Crippen LogP) is 4.80. The van der Waals surface area contributed by atoms with Gasteiger partial charge in [-0.1, -0.05) is 0 Å². The molecule has 0 aliphatic heterocycles. The number of rotatable bonds is 6. The number of hydrogen-bond donors (Lipinski definition) is 0. The third kappa shape index (κ3) is 3.32. The molecule has 4 bridgehead atoms. The maximum absolute atomic E-state index is 13.0. The van der Waals surface area contributed by atoms with Crippen molar-refractivity contribution in [2.75, 3.05) is 6.61 Å². The van der Waals surface area contributed by atoms with Gasteiger partial charge >= 0.3 is 5.97 Å². The van der Waals surface area contributed by atoms with Gasteiger partial charge in [-0.05, 0) is 80.5 Å². The average Bonchev–Trinajstić information content (AvgIpc) is 3.21. The van der Waals surface area contributed by atoms with Crippen molar-refractivity contribution in [3.63, 3.8) is 0 Å². The Kier molecular flexibility index (Phi) is 4.49. The molecule has 7 heteroatoms. The fraction of sp³-hybridized carbons (Fsp3) is 0.478. The van der Waals surface area contributed by atoms with Crippen molar-refractivity contribution in [3.8, 4) is 11.3 Å². The lowest BCUT2D eigenvalue weighted by molar-refractivity contribution is -0.384. The Hall–Kier alpha value is -2.96. The van der Waals surface area contributed by atoms with Crippen molar-refractivity contribution < 1.29 is 23.7 Å². The topological polar surface area (TPSA) is 99.7 Å². The molecule has 0 spiro atoms. The van der Waals surface area contributed by atoms with Gasteiger partial charge in [0, 0.05) is 23.1 Å². The van der Waals surface area contributed by atoms with Crippen LogP contribution < -0.4 is 0 Å². The molecule has 0 radical (unpaired) electrons. The molecule has 30 heavy (non-hydrogen) atoms. The summed E-state index contributed by atoms with van der Waals surface area (Å²) in [6, 6.07) is 8.97. The minimum Gasteiger partial charge on any atom is -0.452 e. The number of ether oxygens (including phenoxy) is 1. The van der Waals surface area contributed by atoms with Crippen LogP contribution in [0.5, 0.6) is 0 Å². The van der Waals surface area contributed by atoms with Crippen molar-refractivity contribution in [2.24, 2.45) is 23.2 Å². The number of benzene rings is 1. The molecule has 2 aromatic rings. The maximum atomic E-state index is 13.0. The van der Waals surface area contributed by atoms with Gasteiger partial charge in [0.25, 0.3) is 5.69 Å². The molecule has 4 saturated carbocycles. The van der Waals surface area contributed by atoms with Crippen molar-refractivity contribution in [1.29, 1.82) is 0 Å². The Morgan fingerprint density at radius 3 is 2.17 bits per heavy atom. The van der Waals surface area contributed by atoms with Crippen molar-refractivity contribution in [1.82, 2.24) is 0 Å². The third-order valence-electron chi connectivity index (χ3n) is 7.13. The summed E-state index contributed by atoms with van der Waals surface area (Å²) in [5.74, 6) is 1.78. The Balaban J connectivity index is 1.22. The monoisotopic (exact) mass is 409 g/mol. The van der Waals surface area contributed by atoms with Crippen LogP contribution in [0.3, 0.4) is 0 Å². The van der Waals surface area contributed by atoms with Crippen LogP contribution in [-0.2, 0) is 9.53 Å². The minimum absolute atomic E-state index is 0.0154. The van der Waals surface area contributed by atoms with Gasteiger partial charge in [0.1, 0.15) is 5.76 Å². The van der Waals surface area contributed by atoms with E-state index in [1.807, 2.05) is 0 Å². The average molecular weight is 409 g/mol. The van der Waals surface area contributed by atoms with Crippen molar-refractivity contribution in [2.45, 2.75) is 38.5 Å². The molecule has 4 aliphatic rings. The lowest BCUT2D eigenvalue weighted by atomic mass is 9.48. The number of nitro benzene ring substituents is 1. The first-order chi connectivity index (χ1) is 14.4. The Morgan fingerprint density at radius 1 is 1.00 bits per heavy atom. The number of nitrogens with zero attached hydrogens (tertiary/aromatic N) is 1. The first kappa shape index (κ1) is 19.0. The molecule has 7 nitrogen and oxygen atoms in total. The second-order valence-electron chi connectivity index (χ2n) is 9.17. The van der Waals surface area contributed by atoms with E-state index in [1.54, 1.807) is 18.2 Å². The molecule has 1 aromatic heterocycles. The number of hydrogen-bond acceptors (Lipinski definition) is 6. The van der Waals surface area contributed by atoms with E-state index < -0.39 is 10.9 Å². The second-order valence-corrected chi connectivity index (χ2v) is 9.17. The minimum atomic E-state index is -0.666. The van der Waals surface area contributed by atoms with E-state index in [2.05, 4.69) is 0 Å². The summed E-state index contributed by atoms with van der Waals surface area (Å²) in [5, 5.41) is 10.8. The molecular weight excluding hydrogens is 386 g/mol. The SMILES string of the molecule is O=C(OCC(=O)C12CC3CC(CC(C3)C1)C2)c1ccc(-c2ccc([N+](=O)[O-])cc2)o1. The molecule has 156 valence electrons. The molecular formula is C23H23NO6. The third-order valence-corrected chi connectivity index (χ3v) is 7.13. The molecule has 0 amide bonds.